The first-order valence-electron chi connectivity index (χ1n) is 11.5. The number of ether oxygens (including phenoxy) is 1. The summed E-state index contributed by atoms with van der Waals surface area (Å²) in [6.07, 6.45) is 3.81. The van der Waals surface area contributed by atoms with E-state index in [-0.39, 0.29) is 11.6 Å². The quantitative estimate of drug-likeness (QED) is 0.444. The van der Waals surface area contributed by atoms with E-state index in [1.165, 1.54) is 33.6 Å². The molecule has 0 bridgehead atoms. The minimum atomic E-state index is -0.175. The summed E-state index contributed by atoms with van der Waals surface area (Å²) in [6.45, 7) is 2.06. The fraction of sp³-hybridized carbons (Fsp3) is 0.172. The van der Waals surface area contributed by atoms with Crippen LogP contribution in [0.1, 0.15) is 40.3 Å². The second-order valence-electron chi connectivity index (χ2n) is 8.80. The molecule has 0 saturated carbocycles. The number of nitrogens with zero attached hydrogens (tertiary/aromatic N) is 2. The highest BCUT2D eigenvalue weighted by molar-refractivity contribution is 7.07. The molecule has 4 nitrogen and oxygen atoms in total. The molecule has 0 amide bonds. The van der Waals surface area contributed by atoms with Crippen molar-refractivity contribution in [1.82, 2.24) is 4.57 Å². The first-order valence-corrected chi connectivity index (χ1v) is 12.3. The van der Waals surface area contributed by atoms with E-state index in [4.69, 9.17) is 9.73 Å². The van der Waals surface area contributed by atoms with Gasteiger partial charge in [0, 0.05) is 5.56 Å². The fourth-order valence-electron chi connectivity index (χ4n) is 4.92. The van der Waals surface area contributed by atoms with Crippen molar-refractivity contribution < 1.29 is 4.74 Å². The van der Waals surface area contributed by atoms with Gasteiger partial charge in [-0.25, -0.2) is 4.99 Å². The highest BCUT2D eigenvalue weighted by atomic mass is 32.1. The van der Waals surface area contributed by atoms with Crippen molar-refractivity contribution in [3.05, 3.63) is 126 Å². The summed E-state index contributed by atoms with van der Waals surface area (Å²) >= 11 is 1.47. The molecule has 3 aromatic carbocycles. The van der Waals surface area contributed by atoms with E-state index in [9.17, 15) is 4.79 Å². The summed E-state index contributed by atoms with van der Waals surface area (Å²) in [4.78, 5) is 19.6. The van der Waals surface area contributed by atoms with Crippen LogP contribution in [0.3, 0.4) is 0 Å². The van der Waals surface area contributed by atoms with Gasteiger partial charge in [0.1, 0.15) is 5.75 Å². The molecule has 6 rings (SSSR count). The van der Waals surface area contributed by atoms with Crippen LogP contribution in [0.2, 0.25) is 0 Å². The summed E-state index contributed by atoms with van der Waals surface area (Å²) < 4.78 is 7.97. The largest absolute Gasteiger partial charge is 0.497 e. The topological polar surface area (TPSA) is 43.6 Å². The van der Waals surface area contributed by atoms with Gasteiger partial charge in [-0.3, -0.25) is 9.36 Å². The van der Waals surface area contributed by atoms with Gasteiger partial charge in [0.2, 0.25) is 0 Å². The molecule has 1 atom stereocenters. The Bertz CT molecular complexity index is 1610. The molecule has 1 unspecified atom stereocenters. The first-order chi connectivity index (χ1) is 16.6. The molecule has 0 radical (unpaired) electrons. The number of hydrogen-bond acceptors (Lipinski definition) is 4. The third kappa shape index (κ3) is 3.44. The molecule has 168 valence electrons. The number of benzene rings is 3. The van der Waals surface area contributed by atoms with E-state index in [1.54, 1.807) is 7.11 Å². The van der Waals surface area contributed by atoms with Gasteiger partial charge < -0.3 is 4.74 Å². The Kier molecular flexibility index (Phi) is 5.07. The van der Waals surface area contributed by atoms with Crippen LogP contribution < -0.4 is 19.6 Å². The molecule has 0 spiro atoms. The van der Waals surface area contributed by atoms with Gasteiger partial charge in [-0.1, -0.05) is 77.6 Å². The van der Waals surface area contributed by atoms with E-state index < -0.39 is 0 Å². The van der Waals surface area contributed by atoms with Crippen LogP contribution in [0.4, 0.5) is 0 Å². The van der Waals surface area contributed by atoms with Crippen molar-refractivity contribution in [1.29, 1.82) is 0 Å². The molecule has 0 N–H and O–H groups in total. The molecule has 0 fully saturated rings. The van der Waals surface area contributed by atoms with Crippen molar-refractivity contribution in [3.8, 4) is 5.75 Å². The smallest absolute Gasteiger partial charge is 0.271 e. The zero-order valence-corrected chi connectivity index (χ0v) is 19.9. The maximum atomic E-state index is 13.7. The van der Waals surface area contributed by atoms with Crippen LogP contribution in [0.15, 0.2) is 88.2 Å². The minimum Gasteiger partial charge on any atom is -0.497 e. The first kappa shape index (κ1) is 20.9. The van der Waals surface area contributed by atoms with Crippen molar-refractivity contribution in [3.63, 3.8) is 0 Å². The SMILES string of the molecule is COc1ccc(C2C3=C(N=c4sc(=Cc5ccc(C)cc5)c(=O)n42)c2ccccc2CC3)cc1. The van der Waals surface area contributed by atoms with Crippen LogP contribution in [0.25, 0.3) is 11.8 Å². The number of fused-ring (bicyclic) bond motifs is 3. The number of hydrogen-bond donors (Lipinski definition) is 0. The zero-order valence-electron chi connectivity index (χ0n) is 19.1. The predicted molar refractivity (Wildman–Crippen MR) is 137 cm³/mol. The Morgan fingerprint density at radius 2 is 1.76 bits per heavy atom. The summed E-state index contributed by atoms with van der Waals surface area (Å²) in [6, 6.07) is 24.6. The van der Waals surface area contributed by atoms with Crippen molar-refractivity contribution >= 4 is 23.1 Å². The van der Waals surface area contributed by atoms with Gasteiger partial charge in [-0.15, -0.1) is 0 Å². The average Bonchev–Trinajstić information content (AvgIpc) is 3.18. The highest BCUT2D eigenvalue weighted by Crippen LogP contribution is 2.41. The molecular weight excluding hydrogens is 440 g/mol. The molecule has 2 aliphatic rings. The number of allylic oxidation sites excluding steroid dienone is 1. The van der Waals surface area contributed by atoms with Gasteiger partial charge in [-0.2, -0.15) is 0 Å². The van der Waals surface area contributed by atoms with Crippen LogP contribution in [0, 0.1) is 6.92 Å². The lowest BCUT2D eigenvalue weighted by Gasteiger charge is -2.30. The van der Waals surface area contributed by atoms with Crippen LogP contribution in [-0.4, -0.2) is 11.7 Å². The third-order valence-corrected chi connectivity index (χ3v) is 7.66. The van der Waals surface area contributed by atoms with E-state index >= 15 is 0 Å². The van der Waals surface area contributed by atoms with Gasteiger partial charge in [0.25, 0.3) is 5.56 Å². The monoisotopic (exact) mass is 464 g/mol. The summed E-state index contributed by atoms with van der Waals surface area (Å²) in [5, 5.41) is 0. The fourth-order valence-corrected chi connectivity index (χ4v) is 5.92. The van der Waals surface area contributed by atoms with E-state index in [0.29, 0.717) is 4.53 Å². The molecule has 1 aliphatic carbocycles. The zero-order chi connectivity index (χ0) is 23.2. The normalized spacial score (nSPS) is 17.0. The lowest BCUT2D eigenvalue weighted by atomic mass is 9.83. The molecule has 1 aromatic heterocycles. The predicted octanol–water partition coefficient (Wildman–Crippen LogP) is 4.64. The number of thiazole rings is 1. The summed E-state index contributed by atoms with van der Waals surface area (Å²) in [5.41, 5.74) is 8.02. The van der Waals surface area contributed by atoms with Crippen molar-refractivity contribution in [2.24, 2.45) is 4.99 Å². The molecule has 4 aromatic rings. The van der Waals surface area contributed by atoms with Gasteiger partial charge in [-0.05, 0) is 60.2 Å². The van der Waals surface area contributed by atoms with Crippen LogP contribution in [-0.2, 0) is 6.42 Å². The number of aromatic nitrogens is 1. The van der Waals surface area contributed by atoms with E-state index in [0.717, 1.165) is 40.2 Å². The van der Waals surface area contributed by atoms with Crippen LogP contribution in [0.5, 0.6) is 5.75 Å². The van der Waals surface area contributed by atoms with Gasteiger partial charge in [0.15, 0.2) is 4.80 Å². The lowest BCUT2D eigenvalue weighted by Crippen LogP contribution is -2.38. The molecule has 2 heterocycles. The minimum absolute atomic E-state index is 0.00977. The Balaban J connectivity index is 1.60. The second kappa shape index (κ2) is 8.26. The van der Waals surface area contributed by atoms with Crippen molar-refractivity contribution in [2.45, 2.75) is 25.8 Å². The molecular formula is C29H24N2O2S. The molecule has 34 heavy (non-hydrogen) atoms. The number of rotatable bonds is 3. The molecule has 5 heteroatoms. The highest BCUT2D eigenvalue weighted by Gasteiger charge is 2.32. The Labute approximate surface area is 201 Å². The summed E-state index contributed by atoms with van der Waals surface area (Å²) in [5.74, 6) is 0.804. The Morgan fingerprint density at radius 3 is 2.53 bits per heavy atom. The van der Waals surface area contributed by atoms with Crippen LogP contribution >= 0.6 is 11.3 Å². The number of aryl methyl sites for hydroxylation is 2. The maximum absolute atomic E-state index is 13.7. The molecule has 1 aliphatic heterocycles. The third-order valence-electron chi connectivity index (χ3n) is 6.68. The Morgan fingerprint density at radius 1 is 1.00 bits per heavy atom. The molecule has 0 saturated heterocycles. The van der Waals surface area contributed by atoms with Gasteiger partial charge in [0.05, 0.1) is 23.4 Å². The maximum Gasteiger partial charge on any atom is 0.271 e. The standard InChI is InChI=1S/C29H24N2O2S/c1-18-7-9-19(10-8-18)17-25-28(32)31-27(21-11-14-22(33-2)15-12-21)24-16-13-20-5-3-4-6-23(20)26(24)30-29(31)34-25/h3-12,14-15,17,27H,13,16H2,1-2H3. The second-order valence-corrected chi connectivity index (χ2v) is 9.81. The van der Waals surface area contributed by atoms with E-state index in [1.807, 2.05) is 22.8 Å². The van der Waals surface area contributed by atoms with Gasteiger partial charge >= 0.3 is 0 Å². The average molecular weight is 465 g/mol. The summed E-state index contributed by atoms with van der Waals surface area (Å²) in [7, 11) is 1.67. The van der Waals surface area contributed by atoms with E-state index in [2.05, 4.69) is 67.6 Å². The van der Waals surface area contributed by atoms with Crippen molar-refractivity contribution in [2.75, 3.05) is 7.11 Å². The number of methoxy groups -OCH3 is 1. The Hall–Kier alpha value is -3.70. The lowest BCUT2D eigenvalue weighted by molar-refractivity contribution is 0.414.